The van der Waals surface area contributed by atoms with Crippen molar-refractivity contribution in [3.05, 3.63) is 35.6 Å². The summed E-state index contributed by atoms with van der Waals surface area (Å²) >= 11 is 3.99. The van der Waals surface area contributed by atoms with Crippen LogP contribution in [0.1, 0.15) is 63.5 Å². The average molecular weight is 395 g/mol. The zero-order chi connectivity index (χ0) is 16.9. The van der Waals surface area contributed by atoms with Crippen LogP contribution < -0.4 is 0 Å². The summed E-state index contributed by atoms with van der Waals surface area (Å²) in [5.74, 6) is 1.17. The van der Waals surface area contributed by atoms with Gasteiger partial charge in [-0.3, -0.25) is 4.79 Å². The standard InChI is InChI=1S/C20H24BrFO2/c1-13(16-2-4-17(22)5-3-16)24-18(23)11-19-7-14-6-15(8-19)10-20(21,9-14)12-19/h2-5,13-15H,6-12H2,1H3/t13-,14-,15+,19?,20?/m1/s1. The Hall–Kier alpha value is -0.900. The lowest BCUT2D eigenvalue weighted by Crippen LogP contribution is -2.53. The van der Waals surface area contributed by atoms with Crippen molar-refractivity contribution in [1.29, 1.82) is 0 Å². The maximum atomic E-state index is 13.0. The molecule has 130 valence electrons. The van der Waals surface area contributed by atoms with Crippen molar-refractivity contribution in [3.63, 3.8) is 0 Å². The number of carbonyl (C=O) groups excluding carboxylic acids is 1. The zero-order valence-electron chi connectivity index (χ0n) is 14.1. The van der Waals surface area contributed by atoms with Gasteiger partial charge in [-0.1, -0.05) is 28.1 Å². The summed E-state index contributed by atoms with van der Waals surface area (Å²) in [5, 5.41) is 0. The molecule has 4 saturated carbocycles. The quantitative estimate of drug-likeness (QED) is 0.493. The van der Waals surface area contributed by atoms with Gasteiger partial charge in [-0.2, -0.15) is 0 Å². The average Bonchev–Trinajstić information content (AvgIpc) is 2.44. The highest BCUT2D eigenvalue weighted by molar-refractivity contribution is 9.10. The Labute approximate surface area is 151 Å². The molecular weight excluding hydrogens is 371 g/mol. The van der Waals surface area contributed by atoms with Crippen molar-refractivity contribution in [1.82, 2.24) is 0 Å². The molecular formula is C20H24BrFO2. The van der Waals surface area contributed by atoms with Crippen molar-refractivity contribution < 1.29 is 13.9 Å². The van der Waals surface area contributed by atoms with E-state index in [-0.39, 0.29) is 27.6 Å². The lowest BCUT2D eigenvalue weighted by molar-refractivity contribution is -0.155. The highest BCUT2D eigenvalue weighted by atomic mass is 79.9. The van der Waals surface area contributed by atoms with Crippen LogP contribution in [0, 0.1) is 23.1 Å². The van der Waals surface area contributed by atoms with Gasteiger partial charge in [0.05, 0.1) is 6.42 Å². The minimum atomic E-state index is -0.329. The molecule has 4 aliphatic carbocycles. The first-order chi connectivity index (χ1) is 11.3. The van der Waals surface area contributed by atoms with E-state index < -0.39 is 0 Å². The molecule has 0 amide bonds. The number of carbonyl (C=O) groups is 1. The molecule has 0 saturated heterocycles. The third kappa shape index (κ3) is 3.14. The second-order valence-electron chi connectivity index (χ2n) is 8.47. The van der Waals surface area contributed by atoms with Gasteiger partial charge in [-0.25, -0.2) is 4.39 Å². The van der Waals surface area contributed by atoms with Gasteiger partial charge in [-0.15, -0.1) is 0 Å². The number of ether oxygens (including phenoxy) is 1. The fraction of sp³-hybridized carbons (Fsp3) is 0.650. The van der Waals surface area contributed by atoms with E-state index in [0.717, 1.165) is 23.8 Å². The topological polar surface area (TPSA) is 26.3 Å². The maximum absolute atomic E-state index is 13.0. The van der Waals surface area contributed by atoms with Crippen LogP contribution in [0.25, 0.3) is 0 Å². The number of hydrogen-bond acceptors (Lipinski definition) is 2. The molecule has 1 aromatic rings. The van der Waals surface area contributed by atoms with Crippen LogP contribution in [-0.2, 0) is 9.53 Å². The van der Waals surface area contributed by atoms with E-state index >= 15 is 0 Å². The summed E-state index contributed by atoms with van der Waals surface area (Å²) in [6.45, 7) is 1.86. The molecule has 5 atom stereocenters. The second kappa shape index (κ2) is 5.82. The van der Waals surface area contributed by atoms with Crippen molar-refractivity contribution in [2.75, 3.05) is 0 Å². The van der Waals surface area contributed by atoms with E-state index in [1.807, 2.05) is 6.92 Å². The monoisotopic (exact) mass is 394 g/mol. The largest absolute Gasteiger partial charge is 0.458 e. The minimum absolute atomic E-state index is 0.107. The first kappa shape index (κ1) is 16.6. The molecule has 4 heteroatoms. The van der Waals surface area contributed by atoms with Gasteiger partial charge in [0.15, 0.2) is 0 Å². The molecule has 4 fully saturated rings. The molecule has 2 nitrogen and oxygen atoms in total. The van der Waals surface area contributed by atoms with Crippen molar-refractivity contribution in [2.24, 2.45) is 17.3 Å². The molecule has 0 heterocycles. The van der Waals surface area contributed by atoms with Crippen molar-refractivity contribution in [2.45, 2.75) is 62.3 Å². The van der Waals surface area contributed by atoms with E-state index in [2.05, 4.69) is 15.9 Å². The van der Waals surface area contributed by atoms with Crippen LogP contribution in [0.4, 0.5) is 4.39 Å². The van der Waals surface area contributed by atoms with Gasteiger partial charge in [0.2, 0.25) is 0 Å². The predicted molar refractivity (Wildman–Crippen MR) is 94.3 cm³/mol. The fourth-order valence-electron chi connectivity index (χ4n) is 5.89. The molecule has 2 unspecified atom stereocenters. The Balaban J connectivity index is 1.42. The van der Waals surface area contributed by atoms with Gasteiger partial charge in [0.25, 0.3) is 0 Å². The van der Waals surface area contributed by atoms with Crippen molar-refractivity contribution in [3.8, 4) is 0 Å². The molecule has 0 spiro atoms. The molecule has 4 bridgehead atoms. The summed E-state index contributed by atoms with van der Waals surface area (Å²) in [4.78, 5) is 12.6. The molecule has 0 N–H and O–H groups in total. The van der Waals surface area contributed by atoms with Crippen LogP contribution in [0.2, 0.25) is 0 Å². The Morgan fingerprint density at radius 1 is 1.25 bits per heavy atom. The summed E-state index contributed by atoms with van der Waals surface area (Å²) in [6.07, 6.45) is 7.54. The van der Waals surface area contributed by atoms with E-state index in [1.165, 1.54) is 44.2 Å². The fourth-order valence-corrected chi connectivity index (χ4v) is 7.40. The Morgan fingerprint density at radius 2 is 1.88 bits per heavy atom. The van der Waals surface area contributed by atoms with Gasteiger partial charge in [-0.05, 0) is 80.4 Å². The van der Waals surface area contributed by atoms with E-state index in [0.29, 0.717) is 6.42 Å². The van der Waals surface area contributed by atoms with Gasteiger partial charge in [0.1, 0.15) is 11.9 Å². The Morgan fingerprint density at radius 3 is 2.46 bits per heavy atom. The number of rotatable bonds is 4. The number of alkyl halides is 1. The lowest BCUT2D eigenvalue weighted by Gasteiger charge is -2.60. The SMILES string of the molecule is C[C@@H](OC(=O)CC12C[C@@H]3C[C@@H](CC(Br)(C3)C1)C2)c1ccc(F)cc1. The number of hydrogen-bond donors (Lipinski definition) is 0. The van der Waals surface area contributed by atoms with Gasteiger partial charge >= 0.3 is 5.97 Å². The molecule has 4 aliphatic rings. The van der Waals surface area contributed by atoms with E-state index in [1.54, 1.807) is 12.1 Å². The number of halogens is 2. The first-order valence-corrected chi connectivity index (χ1v) is 9.78. The Bertz CT molecular complexity index is 628. The maximum Gasteiger partial charge on any atom is 0.306 e. The molecule has 24 heavy (non-hydrogen) atoms. The Kier molecular flexibility index (Phi) is 4.02. The molecule has 1 aromatic carbocycles. The van der Waals surface area contributed by atoms with E-state index in [9.17, 15) is 9.18 Å². The lowest BCUT2D eigenvalue weighted by atomic mass is 9.49. The zero-order valence-corrected chi connectivity index (χ0v) is 15.6. The van der Waals surface area contributed by atoms with Crippen LogP contribution in [0.3, 0.4) is 0 Å². The van der Waals surface area contributed by atoms with Gasteiger partial charge < -0.3 is 4.74 Å². The molecule has 0 aliphatic heterocycles. The smallest absolute Gasteiger partial charge is 0.306 e. The summed E-state index contributed by atoms with van der Waals surface area (Å²) in [5.41, 5.74) is 0.972. The number of benzene rings is 1. The third-order valence-corrected chi connectivity index (χ3v) is 7.21. The van der Waals surface area contributed by atoms with Crippen molar-refractivity contribution >= 4 is 21.9 Å². The molecule has 0 radical (unpaired) electrons. The van der Waals surface area contributed by atoms with Crippen LogP contribution in [0.15, 0.2) is 24.3 Å². The molecule has 0 aromatic heterocycles. The summed E-state index contributed by atoms with van der Waals surface area (Å²) < 4.78 is 19.0. The van der Waals surface area contributed by atoms with Gasteiger partial charge in [0, 0.05) is 4.32 Å². The summed E-state index contributed by atoms with van der Waals surface area (Å²) in [6, 6.07) is 6.19. The normalized spacial score (nSPS) is 38.1. The van der Waals surface area contributed by atoms with Crippen LogP contribution in [0.5, 0.6) is 0 Å². The van der Waals surface area contributed by atoms with E-state index in [4.69, 9.17) is 4.74 Å². The third-order valence-electron chi connectivity index (χ3n) is 6.28. The second-order valence-corrected chi connectivity index (χ2v) is 10.2. The van der Waals surface area contributed by atoms with Crippen LogP contribution >= 0.6 is 15.9 Å². The highest BCUT2D eigenvalue weighted by Gasteiger charge is 2.57. The predicted octanol–water partition coefficient (Wildman–Crippen LogP) is 5.55. The van der Waals surface area contributed by atoms with Crippen LogP contribution in [-0.4, -0.2) is 10.3 Å². The number of esters is 1. The molecule has 5 rings (SSSR count). The minimum Gasteiger partial charge on any atom is -0.458 e. The highest BCUT2D eigenvalue weighted by Crippen LogP contribution is 2.65. The first-order valence-electron chi connectivity index (χ1n) is 8.99. The summed E-state index contributed by atoms with van der Waals surface area (Å²) in [7, 11) is 0.